The predicted molar refractivity (Wildman–Crippen MR) is 79.6 cm³/mol. The van der Waals surface area contributed by atoms with Crippen molar-refractivity contribution in [2.45, 2.75) is 19.1 Å². The smallest absolute Gasteiger partial charge is 0.309 e. The molecule has 2 amide bonds. The van der Waals surface area contributed by atoms with Crippen LogP contribution in [0.4, 0.5) is 0 Å². The number of rotatable bonds is 5. The van der Waals surface area contributed by atoms with E-state index in [1.807, 2.05) is 6.07 Å². The second kappa shape index (κ2) is 6.91. The molecule has 0 saturated heterocycles. The number of nitrogens with one attached hydrogen (secondary N) is 2. The third-order valence-electron chi connectivity index (χ3n) is 3.20. The summed E-state index contributed by atoms with van der Waals surface area (Å²) in [5.41, 5.74) is -0.593. The number of hydrogen-bond donors (Lipinski definition) is 3. The maximum absolute atomic E-state index is 11.7. The van der Waals surface area contributed by atoms with Gasteiger partial charge in [0.25, 0.3) is 0 Å². The Morgan fingerprint density at radius 1 is 1.09 bits per heavy atom. The Labute approximate surface area is 128 Å². The summed E-state index contributed by atoms with van der Waals surface area (Å²) in [4.78, 5) is 23.4. The lowest BCUT2D eigenvalue weighted by molar-refractivity contribution is -0.140. The van der Waals surface area contributed by atoms with Gasteiger partial charge < -0.3 is 20.2 Å². The second-order valence-corrected chi connectivity index (χ2v) is 5.08. The molecular weight excluding hydrogens is 284 g/mol. The molecule has 2 rings (SSSR count). The highest BCUT2D eigenvalue weighted by molar-refractivity contribution is 6.35. The Hall–Kier alpha value is -2.60. The zero-order valence-electron chi connectivity index (χ0n) is 12.2. The number of aliphatic hydroxyl groups is 1. The van der Waals surface area contributed by atoms with Gasteiger partial charge in [0.15, 0.2) is 0 Å². The third-order valence-corrected chi connectivity index (χ3v) is 3.20. The summed E-state index contributed by atoms with van der Waals surface area (Å²) in [7, 11) is 0. The lowest BCUT2D eigenvalue weighted by Gasteiger charge is -2.24. The first-order valence-corrected chi connectivity index (χ1v) is 6.85. The average Bonchev–Trinajstić information content (AvgIpc) is 3.04. The van der Waals surface area contributed by atoms with E-state index in [1.54, 1.807) is 43.3 Å². The van der Waals surface area contributed by atoms with Crippen LogP contribution in [-0.4, -0.2) is 23.5 Å². The van der Waals surface area contributed by atoms with Crippen molar-refractivity contribution >= 4 is 11.8 Å². The molecular formula is C16H18N2O4. The van der Waals surface area contributed by atoms with E-state index in [-0.39, 0.29) is 13.1 Å². The van der Waals surface area contributed by atoms with E-state index >= 15 is 0 Å². The number of hydrogen-bond acceptors (Lipinski definition) is 4. The lowest BCUT2D eigenvalue weighted by atomic mass is 9.96. The first kappa shape index (κ1) is 15.8. The van der Waals surface area contributed by atoms with Gasteiger partial charge >= 0.3 is 11.8 Å². The highest BCUT2D eigenvalue weighted by atomic mass is 16.3. The Kier molecular flexibility index (Phi) is 4.95. The van der Waals surface area contributed by atoms with Crippen LogP contribution in [0.1, 0.15) is 18.2 Å². The zero-order chi connectivity index (χ0) is 16.0. The van der Waals surface area contributed by atoms with Crippen molar-refractivity contribution in [3.8, 4) is 0 Å². The molecule has 1 heterocycles. The third kappa shape index (κ3) is 4.20. The molecule has 3 N–H and O–H groups in total. The van der Waals surface area contributed by atoms with Gasteiger partial charge in [-0.05, 0) is 24.6 Å². The Balaban J connectivity index is 1.82. The van der Waals surface area contributed by atoms with Gasteiger partial charge in [-0.1, -0.05) is 30.3 Å². The molecule has 0 aliphatic rings. The van der Waals surface area contributed by atoms with Gasteiger partial charge in [-0.25, -0.2) is 0 Å². The van der Waals surface area contributed by atoms with Gasteiger partial charge in [-0.2, -0.15) is 0 Å². The molecule has 0 spiro atoms. The standard InChI is InChI=1S/C16H18N2O4/c1-16(21,12-6-3-2-4-7-12)11-18-15(20)14(19)17-10-13-8-5-9-22-13/h2-9,21H,10-11H2,1H3,(H,17,19)(H,18,20)/t16-/m0/s1. The molecule has 22 heavy (non-hydrogen) atoms. The van der Waals surface area contributed by atoms with Crippen molar-refractivity contribution in [3.05, 3.63) is 60.1 Å². The molecule has 6 heteroatoms. The molecule has 6 nitrogen and oxygen atoms in total. The Morgan fingerprint density at radius 2 is 1.77 bits per heavy atom. The number of carbonyl (C=O) groups excluding carboxylic acids is 2. The summed E-state index contributed by atoms with van der Waals surface area (Å²) < 4.78 is 5.05. The zero-order valence-corrected chi connectivity index (χ0v) is 12.2. The SMILES string of the molecule is C[C@](O)(CNC(=O)C(=O)NCc1ccco1)c1ccccc1. The first-order chi connectivity index (χ1) is 10.5. The molecule has 1 atom stereocenters. The van der Waals surface area contributed by atoms with Gasteiger partial charge in [-0.15, -0.1) is 0 Å². The predicted octanol–water partition coefficient (Wildman–Crippen LogP) is 0.920. The van der Waals surface area contributed by atoms with E-state index in [4.69, 9.17) is 4.42 Å². The quantitative estimate of drug-likeness (QED) is 0.716. The minimum Gasteiger partial charge on any atom is -0.467 e. The van der Waals surface area contributed by atoms with Crippen LogP contribution in [0.2, 0.25) is 0 Å². The maximum atomic E-state index is 11.7. The van der Waals surface area contributed by atoms with Crippen LogP contribution >= 0.6 is 0 Å². The van der Waals surface area contributed by atoms with Gasteiger partial charge in [0.2, 0.25) is 0 Å². The van der Waals surface area contributed by atoms with E-state index in [2.05, 4.69) is 10.6 Å². The van der Waals surface area contributed by atoms with E-state index in [9.17, 15) is 14.7 Å². The van der Waals surface area contributed by atoms with Gasteiger partial charge in [0.05, 0.1) is 19.4 Å². The fraction of sp³-hybridized carbons (Fsp3) is 0.250. The second-order valence-electron chi connectivity index (χ2n) is 5.08. The fourth-order valence-electron chi connectivity index (χ4n) is 1.89. The van der Waals surface area contributed by atoms with Crippen LogP contribution in [-0.2, 0) is 21.7 Å². The van der Waals surface area contributed by atoms with Crippen molar-refractivity contribution in [3.63, 3.8) is 0 Å². The largest absolute Gasteiger partial charge is 0.467 e. The summed E-state index contributed by atoms with van der Waals surface area (Å²) >= 11 is 0. The van der Waals surface area contributed by atoms with Crippen LogP contribution < -0.4 is 10.6 Å². The number of amides is 2. The molecule has 0 radical (unpaired) electrons. The molecule has 0 bridgehead atoms. The summed E-state index contributed by atoms with van der Waals surface area (Å²) in [6, 6.07) is 12.3. The highest BCUT2D eigenvalue weighted by Gasteiger charge is 2.25. The van der Waals surface area contributed by atoms with Crippen LogP contribution in [0, 0.1) is 0 Å². The average molecular weight is 302 g/mol. The van der Waals surface area contributed by atoms with E-state index < -0.39 is 17.4 Å². The first-order valence-electron chi connectivity index (χ1n) is 6.85. The monoisotopic (exact) mass is 302 g/mol. The van der Waals surface area contributed by atoms with Crippen LogP contribution in [0.25, 0.3) is 0 Å². The number of carbonyl (C=O) groups is 2. The van der Waals surface area contributed by atoms with Crippen LogP contribution in [0.3, 0.4) is 0 Å². The Morgan fingerprint density at radius 3 is 2.41 bits per heavy atom. The highest BCUT2D eigenvalue weighted by Crippen LogP contribution is 2.18. The molecule has 0 aliphatic heterocycles. The topological polar surface area (TPSA) is 91.6 Å². The number of furan rings is 1. The normalized spacial score (nSPS) is 13.2. The van der Waals surface area contributed by atoms with Crippen LogP contribution in [0.5, 0.6) is 0 Å². The lowest BCUT2D eigenvalue weighted by Crippen LogP contribution is -2.45. The van der Waals surface area contributed by atoms with E-state index in [0.717, 1.165) is 0 Å². The summed E-state index contributed by atoms with van der Waals surface area (Å²) in [5, 5.41) is 15.2. The molecule has 0 saturated carbocycles. The van der Waals surface area contributed by atoms with E-state index in [0.29, 0.717) is 11.3 Å². The van der Waals surface area contributed by atoms with Gasteiger partial charge in [0.1, 0.15) is 11.4 Å². The molecule has 0 unspecified atom stereocenters. The molecule has 0 aliphatic carbocycles. The fourth-order valence-corrected chi connectivity index (χ4v) is 1.89. The van der Waals surface area contributed by atoms with Gasteiger partial charge in [0, 0.05) is 0 Å². The van der Waals surface area contributed by atoms with E-state index in [1.165, 1.54) is 6.26 Å². The molecule has 1 aromatic heterocycles. The molecule has 116 valence electrons. The summed E-state index contributed by atoms with van der Waals surface area (Å²) in [5.74, 6) is -1.03. The van der Waals surface area contributed by atoms with Crippen molar-refractivity contribution in [1.82, 2.24) is 10.6 Å². The summed E-state index contributed by atoms with van der Waals surface area (Å²) in [6.07, 6.45) is 1.48. The summed E-state index contributed by atoms with van der Waals surface area (Å²) in [6.45, 7) is 1.64. The van der Waals surface area contributed by atoms with Crippen molar-refractivity contribution < 1.29 is 19.1 Å². The van der Waals surface area contributed by atoms with Crippen molar-refractivity contribution in [2.24, 2.45) is 0 Å². The molecule has 1 aromatic carbocycles. The molecule has 2 aromatic rings. The van der Waals surface area contributed by atoms with Crippen molar-refractivity contribution in [1.29, 1.82) is 0 Å². The van der Waals surface area contributed by atoms with Crippen LogP contribution in [0.15, 0.2) is 53.1 Å². The van der Waals surface area contributed by atoms with Crippen molar-refractivity contribution in [2.75, 3.05) is 6.54 Å². The molecule has 0 fully saturated rings. The maximum Gasteiger partial charge on any atom is 0.309 e. The van der Waals surface area contributed by atoms with Gasteiger partial charge in [-0.3, -0.25) is 9.59 Å². The minimum absolute atomic E-state index is 0.0655. The Bertz CT molecular complexity index is 621. The number of benzene rings is 1. The minimum atomic E-state index is -1.25.